The van der Waals surface area contributed by atoms with E-state index in [2.05, 4.69) is 18.3 Å². The maximum atomic E-state index is 12.5. The van der Waals surface area contributed by atoms with E-state index in [0.717, 1.165) is 24.2 Å². The molecule has 1 aliphatic heterocycles. The second-order valence-electron chi connectivity index (χ2n) is 6.15. The molecule has 0 aromatic heterocycles. The van der Waals surface area contributed by atoms with Gasteiger partial charge in [0.1, 0.15) is 11.8 Å². The third-order valence-corrected chi connectivity index (χ3v) is 4.25. The van der Waals surface area contributed by atoms with Crippen LogP contribution in [0.15, 0.2) is 35.5 Å². The second kappa shape index (κ2) is 9.62. The molecule has 1 N–H and O–H groups in total. The van der Waals surface area contributed by atoms with Crippen molar-refractivity contribution in [2.75, 3.05) is 13.2 Å². The van der Waals surface area contributed by atoms with E-state index in [-0.39, 0.29) is 12.2 Å². The molecule has 27 heavy (non-hydrogen) atoms. The van der Waals surface area contributed by atoms with E-state index in [4.69, 9.17) is 9.47 Å². The van der Waals surface area contributed by atoms with Crippen molar-refractivity contribution < 1.29 is 19.1 Å². The Labute approximate surface area is 159 Å². The summed E-state index contributed by atoms with van der Waals surface area (Å²) in [6, 6.07) is 7.73. The summed E-state index contributed by atoms with van der Waals surface area (Å²) in [5, 5.41) is 12.2. The second-order valence-corrected chi connectivity index (χ2v) is 6.15. The van der Waals surface area contributed by atoms with Crippen molar-refractivity contribution in [1.82, 2.24) is 10.2 Å². The zero-order valence-corrected chi connectivity index (χ0v) is 15.9. The standard InChI is InChI=1S/C20H25N3O4/c1-4-6-9-12-27-17-11-8-7-10-15(17)18-16(13-21)14(3)22-19(24)23(18)20(25)26-5-2/h7-8,10-11,18H,4-6,9,12H2,1-3H3,(H,22,24). The largest absolute Gasteiger partial charge is 0.493 e. The number of rotatable bonds is 7. The van der Waals surface area contributed by atoms with Gasteiger partial charge in [0.25, 0.3) is 0 Å². The van der Waals surface area contributed by atoms with Gasteiger partial charge in [0.05, 0.1) is 24.9 Å². The average molecular weight is 371 g/mol. The molecule has 7 heteroatoms. The highest BCUT2D eigenvalue weighted by Crippen LogP contribution is 2.38. The number of hydrogen-bond acceptors (Lipinski definition) is 5. The predicted molar refractivity (Wildman–Crippen MR) is 99.9 cm³/mol. The van der Waals surface area contributed by atoms with E-state index < -0.39 is 18.2 Å². The Hall–Kier alpha value is -3.01. The summed E-state index contributed by atoms with van der Waals surface area (Å²) in [4.78, 5) is 25.9. The number of imide groups is 1. The lowest BCUT2D eigenvalue weighted by molar-refractivity contribution is 0.103. The SMILES string of the molecule is CCCCCOc1ccccc1C1C(C#N)=C(C)NC(=O)N1C(=O)OCC. The molecule has 0 saturated carbocycles. The van der Waals surface area contributed by atoms with Crippen molar-refractivity contribution in [2.45, 2.75) is 46.1 Å². The third kappa shape index (κ3) is 4.59. The monoisotopic (exact) mass is 371 g/mol. The number of amides is 3. The van der Waals surface area contributed by atoms with Gasteiger partial charge in [-0.05, 0) is 26.3 Å². The molecule has 1 aromatic rings. The molecule has 2 rings (SSSR count). The van der Waals surface area contributed by atoms with Crippen molar-refractivity contribution in [1.29, 1.82) is 5.26 Å². The number of unbranched alkanes of at least 4 members (excludes halogenated alkanes) is 2. The highest BCUT2D eigenvalue weighted by molar-refractivity contribution is 5.94. The molecule has 1 aromatic carbocycles. The highest BCUT2D eigenvalue weighted by atomic mass is 16.6. The first-order valence-corrected chi connectivity index (χ1v) is 9.14. The molecule has 0 radical (unpaired) electrons. The van der Waals surface area contributed by atoms with E-state index in [1.165, 1.54) is 0 Å². The van der Waals surface area contributed by atoms with Crippen molar-refractivity contribution in [3.05, 3.63) is 41.1 Å². The lowest BCUT2D eigenvalue weighted by Crippen LogP contribution is -2.50. The zero-order valence-electron chi connectivity index (χ0n) is 15.9. The third-order valence-electron chi connectivity index (χ3n) is 4.25. The van der Waals surface area contributed by atoms with Crippen LogP contribution >= 0.6 is 0 Å². The van der Waals surface area contributed by atoms with Crippen LogP contribution in [0.25, 0.3) is 0 Å². The molecule has 3 amide bonds. The Morgan fingerprint density at radius 2 is 2.04 bits per heavy atom. The molecule has 1 unspecified atom stereocenters. The molecule has 0 spiro atoms. The van der Waals surface area contributed by atoms with Gasteiger partial charge < -0.3 is 14.8 Å². The number of nitrogens with zero attached hydrogens (tertiary/aromatic N) is 2. The number of ether oxygens (including phenoxy) is 2. The average Bonchev–Trinajstić information content (AvgIpc) is 2.65. The summed E-state index contributed by atoms with van der Waals surface area (Å²) >= 11 is 0. The Bertz CT molecular complexity index is 767. The molecule has 1 aliphatic rings. The van der Waals surface area contributed by atoms with Crippen LogP contribution in [0.2, 0.25) is 0 Å². The topological polar surface area (TPSA) is 91.7 Å². The molecule has 0 saturated heterocycles. The molecular weight excluding hydrogens is 346 g/mol. The van der Waals surface area contributed by atoms with Crippen LogP contribution in [0.5, 0.6) is 5.75 Å². The normalized spacial score (nSPS) is 16.6. The molecule has 1 heterocycles. The van der Waals surface area contributed by atoms with Crippen LogP contribution < -0.4 is 10.1 Å². The van der Waals surface area contributed by atoms with Crippen LogP contribution in [0.4, 0.5) is 9.59 Å². The highest BCUT2D eigenvalue weighted by Gasteiger charge is 2.41. The Morgan fingerprint density at radius 3 is 2.70 bits per heavy atom. The number of para-hydroxylation sites is 1. The Morgan fingerprint density at radius 1 is 1.30 bits per heavy atom. The lowest BCUT2D eigenvalue weighted by Gasteiger charge is -2.34. The minimum atomic E-state index is -0.898. The Balaban J connectivity index is 2.47. The van der Waals surface area contributed by atoms with Crippen LogP contribution in [-0.4, -0.2) is 30.2 Å². The number of nitrogens with one attached hydrogen (secondary N) is 1. The minimum Gasteiger partial charge on any atom is -0.493 e. The van der Waals surface area contributed by atoms with E-state index >= 15 is 0 Å². The molecule has 0 aliphatic carbocycles. The van der Waals surface area contributed by atoms with Gasteiger partial charge >= 0.3 is 12.1 Å². The Kier molecular flexibility index (Phi) is 7.24. The lowest BCUT2D eigenvalue weighted by atomic mass is 9.94. The minimum absolute atomic E-state index is 0.120. The number of nitriles is 1. The number of urea groups is 1. The summed E-state index contributed by atoms with van der Waals surface area (Å²) in [6.45, 7) is 6.05. The summed E-state index contributed by atoms with van der Waals surface area (Å²) in [6.07, 6.45) is 2.22. The van der Waals surface area contributed by atoms with E-state index in [0.29, 0.717) is 23.6 Å². The van der Waals surface area contributed by atoms with Gasteiger partial charge in [-0.25, -0.2) is 14.5 Å². The van der Waals surface area contributed by atoms with Crippen molar-refractivity contribution in [3.63, 3.8) is 0 Å². The van der Waals surface area contributed by atoms with Crippen LogP contribution in [0.3, 0.4) is 0 Å². The molecular formula is C20H25N3O4. The number of benzene rings is 1. The maximum Gasteiger partial charge on any atom is 0.418 e. The first-order valence-electron chi connectivity index (χ1n) is 9.14. The van der Waals surface area contributed by atoms with E-state index in [1.807, 2.05) is 6.07 Å². The number of carbonyl (C=O) groups is 2. The molecule has 0 fully saturated rings. The fraction of sp³-hybridized carbons (Fsp3) is 0.450. The van der Waals surface area contributed by atoms with Gasteiger partial charge in [-0.3, -0.25) is 0 Å². The van der Waals surface area contributed by atoms with Crippen LogP contribution in [-0.2, 0) is 4.74 Å². The van der Waals surface area contributed by atoms with Gasteiger partial charge in [0, 0.05) is 11.3 Å². The molecule has 1 atom stereocenters. The van der Waals surface area contributed by atoms with Gasteiger partial charge in [-0.2, -0.15) is 5.26 Å². The quantitative estimate of drug-likeness (QED) is 0.723. The van der Waals surface area contributed by atoms with Crippen LogP contribution in [0, 0.1) is 11.3 Å². The fourth-order valence-electron chi connectivity index (χ4n) is 2.93. The van der Waals surface area contributed by atoms with Gasteiger partial charge in [0.15, 0.2) is 0 Å². The van der Waals surface area contributed by atoms with Gasteiger partial charge in [0.2, 0.25) is 0 Å². The van der Waals surface area contributed by atoms with Crippen molar-refractivity contribution >= 4 is 12.1 Å². The fourth-order valence-corrected chi connectivity index (χ4v) is 2.93. The molecule has 144 valence electrons. The number of hydrogen-bond donors (Lipinski definition) is 1. The van der Waals surface area contributed by atoms with E-state index in [1.54, 1.807) is 32.0 Å². The zero-order chi connectivity index (χ0) is 19.8. The predicted octanol–water partition coefficient (Wildman–Crippen LogP) is 4.28. The smallest absolute Gasteiger partial charge is 0.418 e. The summed E-state index contributed by atoms with van der Waals surface area (Å²) in [7, 11) is 0. The van der Waals surface area contributed by atoms with Crippen molar-refractivity contribution in [3.8, 4) is 11.8 Å². The van der Waals surface area contributed by atoms with Gasteiger partial charge in [-0.1, -0.05) is 38.0 Å². The summed E-state index contributed by atoms with van der Waals surface area (Å²) < 4.78 is 10.9. The maximum absolute atomic E-state index is 12.5. The first-order chi connectivity index (χ1) is 13.0. The summed E-state index contributed by atoms with van der Waals surface area (Å²) in [5.74, 6) is 0.545. The van der Waals surface area contributed by atoms with Crippen molar-refractivity contribution in [2.24, 2.45) is 0 Å². The number of carbonyl (C=O) groups excluding carboxylic acids is 2. The van der Waals surface area contributed by atoms with Crippen LogP contribution in [0.1, 0.15) is 51.6 Å². The van der Waals surface area contributed by atoms with E-state index in [9.17, 15) is 14.9 Å². The number of allylic oxidation sites excluding steroid dienone is 1. The molecule has 7 nitrogen and oxygen atoms in total. The summed E-state index contributed by atoms with van der Waals surface area (Å²) in [5.41, 5.74) is 1.26. The van der Waals surface area contributed by atoms with Gasteiger partial charge in [-0.15, -0.1) is 0 Å². The molecule has 0 bridgehead atoms. The first kappa shape index (κ1) is 20.3.